The van der Waals surface area contributed by atoms with E-state index in [9.17, 15) is 22.8 Å². The number of cyclic esters (lactones) is 1. The van der Waals surface area contributed by atoms with E-state index in [4.69, 9.17) is 16.3 Å². The summed E-state index contributed by atoms with van der Waals surface area (Å²) in [4.78, 5) is 26.4. The number of halogens is 4. The highest BCUT2D eigenvalue weighted by molar-refractivity contribution is 6.30. The van der Waals surface area contributed by atoms with Gasteiger partial charge >= 0.3 is 12.1 Å². The number of anilines is 1. The first-order valence-electron chi connectivity index (χ1n) is 8.41. The Hall–Kier alpha value is -2.80. The van der Waals surface area contributed by atoms with E-state index in [1.165, 1.54) is 12.1 Å². The zero-order chi connectivity index (χ0) is 20.1. The number of ether oxygens (including phenoxy) is 1. The molecule has 2 aliphatic rings. The summed E-state index contributed by atoms with van der Waals surface area (Å²) in [6.07, 6.45) is -4.61. The van der Waals surface area contributed by atoms with Crippen molar-refractivity contribution >= 4 is 29.2 Å². The lowest BCUT2D eigenvalue weighted by molar-refractivity contribution is -0.138. The van der Waals surface area contributed by atoms with Crippen LogP contribution in [0.15, 0.2) is 59.8 Å². The average molecular weight is 408 g/mol. The van der Waals surface area contributed by atoms with Gasteiger partial charge in [0, 0.05) is 23.0 Å². The lowest BCUT2D eigenvalue weighted by atomic mass is 9.84. The number of nitrogens with zero attached hydrogens (tertiary/aromatic N) is 1. The van der Waals surface area contributed by atoms with Crippen molar-refractivity contribution in [1.82, 2.24) is 0 Å². The fourth-order valence-electron chi connectivity index (χ4n) is 3.55. The third-order valence-electron chi connectivity index (χ3n) is 4.82. The van der Waals surface area contributed by atoms with Crippen LogP contribution in [0.4, 0.5) is 18.9 Å². The van der Waals surface area contributed by atoms with Crippen molar-refractivity contribution in [3.8, 4) is 0 Å². The molecule has 2 aromatic rings. The van der Waals surface area contributed by atoms with E-state index in [0.29, 0.717) is 16.2 Å². The van der Waals surface area contributed by atoms with E-state index in [2.05, 4.69) is 0 Å². The van der Waals surface area contributed by atoms with Gasteiger partial charge in [0.15, 0.2) is 0 Å². The van der Waals surface area contributed by atoms with Gasteiger partial charge in [-0.25, -0.2) is 4.79 Å². The van der Waals surface area contributed by atoms with Crippen LogP contribution < -0.4 is 4.90 Å². The van der Waals surface area contributed by atoms with E-state index in [1.807, 2.05) is 0 Å². The molecular weight excluding hydrogens is 395 g/mol. The highest BCUT2D eigenvalue weighted by atomic mass is 35.5. The Morgan fingerprint density at radius 3 is 2.46 bits per heavy atom. The maximum absolute atomic E-state index is 13.1. The maximum Gasteiger partial charge on any atom is 0.416 e. The van der Waals surface area contributed by atoms with Crippen LogP contribution >= 0.6 is 11.6 Å². The monoisotopic (exact) mass is 407 g/mol. The molecule has 0 radical (unpaired) electrons. The van der Waals surface area contributed by atoms with Gasteiger partial charge in [-0.05, 0) is 35.9 Å². The molecule has 0 aromatic heterocycles. The van der Waals surface area contributed by atoms with Crippen LogP contribution in [0.2, 0.25) is 5.02 Å². The largest absolute Gasteiger partial charge is 0.456 e. The molecule has 28 heavy (non-hydrogen) atoms. The molecule has 0 bridgehead atoms. The molecule has 4 rings (SSSR count). The van der Waals surface area contributed by atoms with Crippen molar-refractivity contribution in [3.05, 3.63) is 76.0 Å². The number of carbonyl (C=O) groups excluding carboxylic acids is 2. The predicted molar refractivity (Wildman–Crippen MR) is 95.7 cm³/mol. The standard InChI is InChI=1S/C20H13ClF3NO3/c21-13-6-4-11(5-7-13)15-9-17(26)25(16-10-28-19(27)18(15)16)14-3-1-2-12(8-14)20(22,23)24/h1-8,15H,9-10H2/t15-/m1/s1. The van der Waals surface area contributed by atoms with Crippen molar-refractivity contribution in [2.45, 2.75) is 18.5 Å². The maximum atomic E-state index is 13.1. The van der Waals surface area contributed by atoms with Gasteiger partial charge in [-0.3, -0.25) is 9.69 Å². The Kier molecular flexibility index (Phi) is 4.42. The molecule has 2 heterocycles. The van der Waals surface area contributed by atoms with Crippen molar-refractivity contribution in [2.75, 3.05) is 11.5 Å². The van der Waals surface area contributed by atoms with Crippen molar-refractivity contribution in [3.63, 3.8) is 0 Å². The lowest BCUT2D eigenvalue weighted by Gasteiger charge is -2.32. The normalized spacial score (nSPS) is 19.7. The summed E-state index contributed by atoms with van der Waals surface area (Å²) in [6.45, 7) is -0.166. The van der Waals surface area contributed by atoms with Crippen molar-refractivity contribution in [2.24, 2.45) is 0 Å². The zero-order valence-corrected chi connectivity index (χ0v) is 15.1. The van der Waals surface area contributed by atoms with Crippen LogP contribution in [0.1, 0.15) is 23.5 Å². The van der Waals surface area contributed by atoms with Gasteiger partial charge in [0.05, 0.1) is 16.8 Å². The van der Waals surface area contributed by atoms with Crippen LogP contribution in [0, 0.1) is 0 Å². The topological polar surface area (TPSA) is 46.6 Å². The second-order valence-corrected chi connectivity index (χ2v) is 6.96. The molecule has 1 amide bonds. The Morgan fingerprint density at radius 1 is 1.07 bits per heavy atom. The molecule has 1 atom stereocenters. The first-order valence-corrected chi connectivity index (χ1v) is 8.79. The second kappa shape index (κ2) is 6.67. The second-order valence-electron chi connectivity index (χ2n) is 6.52. The fraction of sp³-hybridized carbons (Fsp3) is 0.200. The van der Waals surface area contributed by atoms with Gasteiger partial charge in [-0.15, -0.1) is 0 Å². The summed E-state index contributed by atoms with van der Waals surface area (Å²) in [5.74, 6) is -1.51. The zero-order valence-electron chi connectivity index (χ0n) is 14.3. The Labute approximate surface area is 163 Å². The summed E-state index contributed by atoms with van der Waals surface area (Å²) in [5.41, 5.74) is 0.470. The molecule has 0 N–H and O–H groups in total. The number of alkyl halides is 3. The average Bonchev–Trinajstić information content (AvgIpc) is 3.03. The van der Waals surface area contributed by atoms with Crippen molar-refractivity contribution < 1.29 is 27.5 Å². The number of esters is 1. The number of hydrogen-bond donors (Lipinski definition) is 0. The van der Waals surface area contributed by atoms with E-state index in [1.54, 1.807) is 24.3 Å². The number of amides is 1. The van der Waals surface area contributed by atoms with E-state index in [-0.39, 0.29) is 24.4 Å². The van der Waals surface area contributed by atoms with Crippen LogP contribution in [-0.4, -0.2) is 18.5 Å². The smallest absolute Gasteiger partial charge is 0.416 e. The minimum Gasteiger partial charge on any atom is -0.456 e. The SMILES string of the molecule is O=C1OCC2=C1[C@@H](c1ccc(Cl)cc1)CC(=O)N2c1cccc(C(F)(F)F)c1. The number of benzene rings is 2. The number of hydrogen-bond acceptors (Lipinski definition) is 3. The quantitative estimate of drug-likeness (QED) is 0.678. The highest BCUT2D eigenvalue weighted by Gasteiger charge is 2.43. The van der Waals surface area contributed by atoms with Crippen LogP contribution in [0.3, 0.4) is 0 Å². The van der Waals surface area contributed by atoms with E-state index >= 15 is 0 Å². The van der Waals surface area contributed by atoms with Gasteiger partial charge < -0.3 is 4.74 Å². The third kappa shape index (κ3) is 3.16. The first-order chi connectivity index (χ1) is 13.3. The Bertz CT molecular complexity index is 999. The van der Waals surface area contributed by atoms with Crippen LogP contribution in [-0.2, 0) is 20.5 Å². The molecule has 0 aliphatic carbocycles. The fourth-order valence-corrected chi connectivity index (χ4v) is 3.68. The molecule has 2 aromatic carbocycles. The predicted octanol–water partition coefficient (Wildman–Crippen LogP) is 4.69. The van der Waals surface area contributed by atoms with Crippen LogP contribution in [0.25, 0.3) is 0 Å². The van der Waals surface area contributed by atoms with Gasteiger partial charge in [0.2, 0.25) is 5.91 Å². The number of rotatable bonds is 2. The molecular formula is C20H13ClF3NO3. The molecule has 144 valence electrons. The van der Waals surface area contributed by atoms with E-state index < -0.39 is 29.5 Å². The molecule has 0 saturated heterocycles. The lowest BCUT2D eigenvalue weighted by Crippen LogP contribution is -2.37. The van der Waals surface area contributed by atoms with Gasteiger partial charge in [0.1, 0.15) is 6.61 Å². The molecule has 4 nitrogen and oxygen atoms in total. The minimum absolute atomic E-state index is 0.0557. The summed E-state index contributed by atoms with van der Waals surface area (Å²) in [7, 11) is 0. The molecule has 0 unspecified atom stereocenters. The number of carbonyl (C=O) groups is 2. The first kappa shape index (κ1) is 18.6. The molecule has 0 saturated carbocycles. The summed E-state index contributed by atoms with van der Waals surface area (Å²) in [6, 6.07) is 11.2. The summed E-state index contributed by atoms with van der Waals surface area (Å²) in [5, 5.41) is 0.514. The van der Waals surface area contributed by atoms with Crippen LogP contribution in [0.5, 0.6) is 0 Å². The summed E-state index contributed by atoms with van der Waals surface area (Å²) >= 11 is 5.90. The van der Waals surface area contributed by atoms with Gasteiger partial charge in [0.25, 0.3) is 0 Å². The molecule has 8 heteroatoms. The third-order valence-corrected chi connectivity index (χ3v) is 5.07. The van der Waals surface area contributed by atoms with Gasteiger partial charge in [-0.2, -0.15) is 13.2 Å². The van der Waals surface area contributed by atoms with E-state index in [0.717, 1.165) is 17.0 Å². The Balaban J connectivity index is 1.81. The highest BCUT2D eigenvalue weighted by Crippen LogP contribution is 2.42. The molecule has 0 fully saturated rings. The Morgan fingerprint density at radius 2 is 1.79 bits per heavy atom. The minimum atomic E-state index is -4.54. The summed E-state index contributed by atoms with van der Waals surface area (Å²) < 4.78 is 44.3. The molecule has 2 aliphatic heterocycles. The van der Waals surface area contributed by atoms with Crippen molar-refractivity contribution in [1.29, 1.82) is 0 Å². The van der Waals surface area contributed by atoms with Gasteiger partial charge in [-0.1, -0.05) is 29.8 Å². The molecule has 0 spiro atoms.